The normalized spacial score (nSPS) is 16.9. The molecule has 1 aromatic rings. The number of fused-ring (bicyclic) bond motifs is 2. The molecule has 0 aromatic heterocycles. The minimum atomic E-state index is 0.0307. The predicted molar refractivity (Wildman–Crippen MR) is 55.2 cm³/mol. The van der Waals surface area contributed by atoms with Crippen LogP contribution in [0.4, 0.5) is 5.69 Å². The zero-order chi connectivity index (χ0) is 10.3. The van der Waals surface area contributed by atoms with E-state index in [1.54, 1.807) is 12.3 Å². The Morgan fingerprint density at radius 1 is 1.33 bits per heavy atom. The highest BCUT2D eigenvalue weighted by Gasteiger charge is 2.10. The number of nitrogens with zero attached hydrogens (tertiary/aromatic N) is 2. The Morgan fingerprint density at radius 2 is 2.27 bits per heavy atom. The molecule has 0 atom stereocenters. The van der Waals surface area contributed by atoms with Crippen molar-refractivity contribution in [3.8, 4) is 5.75 Å². The third-order valence-electron chi connectivity index (χ3n) is 2.37. The van der Waals surface area contributed by atoms with Gasteiger partial charge in [0.25, 0.3) is 0 Å². The van der Waals surface area contributed by atoms with Gasteiger partial charge in [-0.15, -0.1) is 0 Å². The van der Waals surface area contributed by atoms with Crippen LogP contribution in [-0.2, 0) is 4.79 Å². The quantitative estimate of drug-likeness (QED) is 0.580. The van der Waals surface area contributed by atoms with E-state index in [2.05, 4.69) is 9.98 Å². The van der Waals surface area contributed by atoms with Crippen molar-refractivity contribution < 1.29 is 9.53 Å². The van der Waals surface area contributed by atoms with Gasteiger partial charge in [-0.1, -0.05) is 0 Å². The summed E-state index contributed by atoms with van der Waals surface area (Å²) in [4.78, 5) is 19.5. The van der Waals surface area contributed by atoms with E-state index in [9.17, 15) is 4.79 Å². The van der Waals surface area contributed by atoms with Crippen LogP contribution in [0.5, 0.6) is 5.75 Å². The summed E-state index contributed by atoms with van der Waals surface area (Å²) in [7, 11) is 0. The van der Waals surface area contributed by atoms with Crippen LogP contribution in [0.3, 0.4) is 0 Å². The topological polar surface area (TPSA) is 51.0 Å². The van der Waals surface area contributed by atoms with Crippen molar-refractivity contribution in [1.29, 1.82) is 0 Å². The second-order valence-corrected chi connectivity index (χ2v) is 3.43. The van der Waals surface area contributed by atoms with Crippen molar-refractivity contribution in [3.63, 3.8) is 0 Å². The maximum absolute atomic E-state index is 11.2. The van der Waals surface area contributed by atoms with Crippen LogP contribution in [0.25, 0.3) is 6.08 Å². The van der Waals surface area contributed by atoms with Gasteiger partial charge in [0.1, 0.15) is 24.6 Å². The van der Waals surface area contributed by atoms with Gasteiger partial charge >= 0.3 is 0 Å². The molecule has 0 amide bonds. The van der Waals surface area contributed by atoms with Crippen molar-refractivity contribution in [1.82, 2.24) is 0 Å². The Bertz CT molecular complexity index is 587. The van der Waals surface area contributed by atoms with Gasteiger partial charge in [-0.05, 0) is 12.1 Å². The highest BCUT2D eigenvalue weighted by molar-refractivity contribution is 6.07. The fourth-order valence-electron chi connectivity index (χ4n) is 1.69. The molecule has 0 radical (unpaired) electrons. The summed E-state index contributed by atoms with van der Waals surface area (Å²) < 4.78 is 5.41. The monoisotopic (exact) mass is 200 g/mol. The van der Waals surface area contributed by atoms with Crippen molar-refractivity contribution in [2.75, 3.05) is 13.2 Å². The largest absolute Gasteiger partial charge is 0.486 e. The van der Waals surface area contributed by atoms with Crippen molar-refractivity contribution in [3.05, 3.63) is 22.7 Å². The molecule has 0 fully saturated rings. The molecule has 0 saturated carbocycles. The van der Waals surface area contributed by atoms with E-state index in [0.717, 1.165) is 22.0 Å². The lowest BCUT2D eigenvalue weighted by Gasteiger charge is -2.11. The fraction of sp³-hybridized carbons (Fsp3) is 0.182. The first-order valence-electron chi connectivity index (χ1n) is 4.71. The Labute approximate surface area is 85.6 Å². The zero-order valence-corrected chi connectivity index (χ0v) is 7.93. The fourth-order valence-corrected chi connectivity index (χ4v) is 1.69. The number of hydrogen-bond donors (Lipinski definition) is 0. The van der Waals surface area contributed by atoms with Gasteiger partial charge in [0.15, 0.2) is 5.78 Å². The van der Waals surface area contributed by atoms with E-state index >= 15 is 0 Å². The SMILES string of the molecule is O=C1C=c2cc3c(cc2=NC1)OCC=N3. The van der Waals surface area contributed by atoms with E-state index in [1.807, 2.05) is 12.1 Å². The summed E-state index contributed by atoms with van der Waals surface area (Å²) in [6.45, 7) is 0.726. The number of carbonyl (C=O) groups is 1. The Hall–Kier alpha value is -1.97. The van der Waals surface area contributed by atoms with Crippen LogP contribution >= 0.6 is 0 Å². The van der Waals surface area contributed by atoms with Crippen molar-refractivity contribution in [2.45, 2.75) is 0 Å². The van der Waals surface area contributed by atoms with E-state index in [0.29, 0.717) is 6.61 Å². The molecule has 15 heavy (non-hydrogen) atoms. The van der Waals surface area contributed by atoms with Gasteiger partial charge in [-0.2, -0.15) is 0 Å². The van der Waals surface area contributed by atoms with Crippen LogP contribution < -0.4 is 15.3 Å². The van der Waals surface area contributed by atoms with Gasteiger partial charge in [-0.25, -0.2) is 0 Å². The Kier molecular flexibility index (Phi) is 1.68. The molecule has 0 N–H and O–H groups in total. The molecule has 74 valence electrons. The summed E-state index contributed by atoms with van der Waals surface area (Å²) >= 11 is 0. The van der Waals surface area contributed by atoms with Gasteiger partial charge in [-0.3, -0.25) is 14.8 Å². The first kappa shape index (κ1) is 8.35. The third kappa shape index (κ3) is 1.34. The highest BCUT2D eigenvalue weighted by atomic mass is 16.5. The first-order valence-corrected chi connectivity index (χ1v) is 4.71. The molecule has 0 saturated heterocycles. The molecule has 1 aromatic carbocycles. The minimum Gasteiger partial charge on any atom is -0.486 e. The van der Waals surface area contributed by atoms with Crippen LogP contribution in [-0.4, -0.2) is 25.1 Å². The molecule has 2 aliphatic heterocycles. The number of Topliss-reactive ketones (excluding diaryl/α,β-unsaturated/α-hetero) is 1. The number of ketones is 1. The average Bonchev–Trinajstić information content (AvgIpc) is 2.26. The number of hydrogen-bond acceptors (Lipinski definition) is 4. The van der Waals surface area contributed by atoms with Gasteiger partial charge in [0.05, 0.1) is 5.36 Å². The summed E-state index contributed by atoms with van der Waals surface area (Å²) in [5.41, 5.74) is 0.765. The van der Waals surface area contributed by atoms with E-state index in [4.69, 9.17) is 4.74 Å². The molecule has 4 nitrogen and oxygen atoms in total. The molecular weight excluding hydrogens is 192 g/mol. The van der Waals surface area contributed by atoms with Crippen LogP contribution in [0.1, 0.15) is 0 Å². The first-order chi connectivity index (χ1) is 7.33. The summed E-state index contributed by atoms with van der Waals surface area (Å²) in [6, 6.07) is 3.67. The molecule has 0 spiro atoms. The van der Waals surface area contributed by atoms with E-state index in [-0.39, 0.29) is 12.3 Å². The number of aliphatic imine (C=N–C) groups is 1. The number of carbonyl (C=O) groups excluding carboxylic acids is 1. The zero-order valence-electron chi connectivity index (χ0n) is 7.93. The number of rotatable bonds is 0. The third-order valence-corrected chi connectivity index (χ3v) is 2.37. The maximum atomic E-state index is 11.2. The number of benzene rings is 1. The Balaban J connectivity index is 2.33. The summed E-state index contributed by atoms with van der Waals surface area (Å²) in [6.07, 6.45) is 3.31. The second kappa shape index (κ2) is 3.02. The number of ether oxygens (including phenoxy) is 1. The van der Waals surface area contributed by atoms with E-state index in [1.165, 1.54) is 0 Å². The average molecular weight is 200 g/mol. The molecule has 4 heteroatoms. The van der Waals surface area contributed by atoms with Crippen LogP contribution in [0.15, 0.2) is 22.1 Å². The lowest BCUT2D eigenvalue weighted by Crippen LogP contribution is -2.31. The molecule has 3 rings (SSSR count). The second-order valence-electron chi connectivity index (χ2n) is 3.43. The highest BCUT2D eigenvalue weighted by Crippen LogP contribution is 2.25. The molecule has 0 aliphatic carbocycles. The van der Waals surface area contributed by atoms with Crippen LogP contribution in [0, 0.1) is 0 Å². The molecule has 0 unspecified atom stereocenters. The van der Waals surface area contributed by atoms with Crippen molar-refractivity contribution in [2.24, 2.45) is 9.98 Å². The predicted octanol–water partition coefficient (Wildman–Crippen LogP) is -0.236. The molecule has 0 bridgehead atoms. The van der Waals surface area contributed by atoms with Gasteiger partial charge in [0.2, 0.25) is 0 Å². The summed E-state index contributed by atoms with van der Waals surface area (Å²) in [5, 5.41) is 1.64. The maximum Gasteiger partial charge on any atom is 0.177 e. The smallest absolute Gasteiger partial charge is 0.177 e. The Morgan fingerprint density at radius 3 is 3.20 bits per heavy atom. The minimum absolute atomic E-state index is 0.0307. The van der Waals surface area contributed by atoms with Gasteiger partial charge in [0, 0.05) is 17.5 Å². The lowest BCUT2D eigenvalue weighted by molar-refractivity contribution is -0.112. The van der Waals surface area contributed by atoms with Crippen molar-refractivity contribution >= 4 is 23.8 Å². The molecule has 2 heterocycles. The molecular formula is C11H8N2O2. The lowest BCUT2D eigenvalue weighted by atomic mass is 10.1. The van der Waals surface area contributed by atoms with E-state index < -0.39 is 0 Å². The van der Waals surface area contributed by atoms with Crippen LogP contribution in [0.2, 0.25) is 0 Å². The molecule has 2 aliphatic rings. The van der Waals surface area contributed by atoms with Gasteiger partial charge < -0.3 is 4.74 Å². The summed E-state index contributed by atoms with van der Waals surface area (Å²) in [5.74, 6) is 0.769. The standard InChI is InChI=1S/C11H8N2O2/c14-8-3-7-4-10-11(15-2-1-12-10)5-9(7)13-6-8/h1,3-5H,2,6H2.